The van der Waals surface area contributed by atoms with E-state index in [-0.39, 0.29) is 6.42 Å². The molecule has 1 aliphatic heterocycles. The number of fused-ring (bicyclic) bond motifs is 2. The Hall–Kier alpha value is -3.41. The Bertz CT molecular complexity index is 1000. The van der Waals surface area contributed by atoms with E-state index in [0.717, 1.165) is 15.8 Å². The summed E-state index contributed by atoms with van der Waals surface area (Å²) >= 11 is 0. The molecule has 3 aromatic rings. The Labute approximate surface area is 149 Å². The number of methoxy groups -OCH3 is 1. The van der Waals surface area contributed by atoms with Crippen molar-refractivity contribution in [3.05, 3.63) is 71.4 Å². The van der Waals surface area contributed by atoms with Gasteiger partial charge in [-0.2, -0.15) is 0 Å². The molecule has 2 aromatic carbocycles. The van der Waals surface area contributed by atoms with Gasteiger partial charge >= 0.3 is 5.97 Å². The third kappa shape index (κ3) is 2.38. The molecule has 0 saturated heterocycles. The van der Waals surface area contributed by atoms with Crippen LogP contribution in [0.15, 0.2) is 54.7 Å². The standard InChI is InChI=1S/C20H16N2O4/c1-26-18(23)10-17(15-11-21-16-9-5-4-6-12(15)16)22-19(24)13-7-2-3-8-14(13)20(22)25/h2-9,11,17,21H,10H2,1H3. The molecule has 1 aliphatic rings. The number of aromatic nitrogens is 1. The van der Waals surface area contributed by atoms with Gasteiger partial charge in [-0.3, -0.25) is 19.3 Å². The van der Waals surface area contributed by atoms with Gasteiger partial charge in [0.2, 0.25) is 0 Å². The van der Waals surface area contributed by atoms with E-state index in [9.17, 15) is 14.4 Å². The SMILES string of the molecule is COC(=O)CC(c1c[nH]c2ccccc12)N1C(=O)c2ccccc2C1=O. The first-order chi connectivity index (χ1) is 12.6. The number of hydrogen-bond acceptors (Lipinski definition) is 4. The van der Waals surface area contributed by atoms with Crippen molar-refractivity contribution in [2.45, 2.75) is 12.5 Å². The number of carbonyl (C=O) groups is 3. The van der Waals surface area contributed by atoms with Gasteiger partial charge in [0.15, 0.2) is 0 Å². The predicted molar refractivity (Wildman–Crippen MR) is 94.6 cm³/mol. The number of nitrogens with zero attached hydrogens (tertiary/aromatic N) is 1. The summed E-state index contributed by atoms with van der Waals surface area (Å²) in [6.45, 7) is 0. The minimum absolute atomic E-state index is 0.107. The minimum atomic E-state index is -0.744. The van der Waals surface area contributed by atoms with Gasteiger partial charge in [-0.05, 0) is 18.2 Å². The van der Waals surface area contributed by atoms with Crippen LogP contribution in [0, 0.1) is 0 Å². The summed E-state index contributed by atoms with van der Waals surface area (Å²) in [6, 6.07) is 13.5. The lowest BCUT2D eigenvalue weighted by Crippen LogP contribution is -2.35. The molecular weight excluding hydrogens is 332 g/mol. The van der Waals surface area contributed by atoms with Crippen LogP contribution >= 0.6 is 0 Å². The number of nitrogens with one attached hydrogen (secondary N) is 1. The first-order valence-corrected chi connectivity index (χ1v) is 8.21. The molecule has 1 aromatic heterocycles. The van der Waals surface area contributed by atoms with Gasteiger partial charge < -0.3 is 9.72 Å². The molecule has 0 bridgehead atoms. The van der Waals surface area contributed by atoms with Crippen molar-refractivity contribution in [2.24, 2.45) is 0 Å². The van der Waals surface area contributed by atoms with Gasteiger partial charge in [0, 0.05) is 22.7 Å². The fourth-order valence-electron chi connectivity index (χ4n) is 3.44. The van der Waals surface area contributed by atoms with Crippen molar-refractivity contribution in [1.82, 2.24) is 9.88 Å². The molecule has 26 heavy (non-hydrogen) atoms. The van der Waals surface area contributed by atoms with Crippen LogP contribution in [0.25, 0.3) is 10.9 Å². The number of imide groups is 1. The third-order valence-electron chi connectivity index (χ3n) is 4.71. The van der Waals surface area contributed by atoms with E-state index in [1.165, 1.54) is 7.11 Å². The second-order valence-corrected chi connectivity index (χ2v) is 6.11. The number of H-pyrrole nitrogens is 1. The lowest BCUT2D eigenvalue weighted by Gasteiger charge is -2.25. The zero-order valence-electron chi connectivity index (χ0n) is 14.1. The molecule has 0 spiro atoms. The number of esters is 1. The highest BCUT2D eigenvalue weighted by molar-refractivity contribution is 6.21. The van der Waals surface area contributed by atoms with Crippen molar-refractivity contribution < 1.29 is 19.1 Å². The summed E-state index contributed by atoms with van der Waals surface area (Å²) in [5.41, 5.74) is 2.29. The largest absolute Gasteiger partial charge is 0.469 e. The third-order valence-corrected chi connectivity index (χ3v) is 4.71. The maximum atomic E-state index is 12.9. The number of rotatable bonds is 4. The van der Waals surface area contributed by atoms with E-state index < -0.39 is 23.8 Å². The summed E-state index contributed by atoms with van der Waals surface area (Å²) in [5.74, 6) is -1.29. The summed E-state index contributed by atoms with van der Waals surface area (Å²) in [7, 11) is 1.29. The van der Waals surface area contributed by atoms with Crippen molar-refractivity contribution >= 4 is 28.7 Å². The van der Waals surface area contributed by atoms with Crippen molar-refractivity contribution in [1.29, 1.82) is 0 Å². The molecule has 1 N–H and O–H groups in total. The second-order valence-electron chi connectivity index (χ2n) is 6.11. The fourth-order valence-corrected chi connectivity index (χ4v) is 3.44. The molecule has 2 amide bonds. The van der Waals surface area contributed by atoms with Crippen LogP contribution in [-0.4, -0.2) is 34.8 Å². The van der Waals surface area contributed by atoms with Gasteiger partial charge in [0.1, 0.15) is 0 Å². The number of amides is 2. The van der Waals surface area contributed by atoms with Crippen LogP contribution in [-0.2, 0) is 9.53 Å². The van der Waals surface area contributed by atoms with E-state index in [4.69, 9.17) is 4.74 Å². The Kier molecular flexibility index (Phi) is 3.80. The Balaban J connectivity index is 1.84. The number of carbonyl (C=O) groups excluding carboxylic acids is 3. The molecule has 2 heterocycles. The Morgan fingerprint density at radius 2 is 1.65 bits per heavy atom. The summed E-state index contributed by atoms with van der Waals surface area (Å²) in [5, 5.41) is 0.859. The van der Waals surface area contributed by atoms with Crippen LogP contribution in [0.5, 0.6) is 0 Å². The molecule has 0 saturated carbocycles. The van der Waals surface area contributed by atoms with Gasteiger partial charge in [-0.1, -0.05) is 30.3 Å². The Morgan fingerprint density at radius 1 is 1.04 bits per heavy atom. The number of aromatic amines is 1. The van der Waals surface area contributed by atoms with E-state index in [0.29, 0.717) is 16.7 Å². The van der Waals surface area contributed by atoms with Crippen molar-refractivity contribution in [3.8, 4) is 0 Å². The van der Waals surface area contributed by atoms with Crippen LogP contribution in [0.3, 0.4) is 0 Å². The lowest BCUT2D eigenvalue weighted by atomic mass is 10.0. The highest BCUT2D eigenvalue weighted by Gasteiger charge is 2.41. The van der Waals surface area contributed by atoms with E-state index in [1.807, 2.05) is 24.3 Å². The number of ether oxygens (including phenoxy) is 1. The molecule has 1 unspecified atom stereocenters. The van der Waals surface area contributed by atoms with E-state index in [2.05, 4.69) is 4.98 Å². The molecule has 6 heteroatoms. The van der Waals surface area contributed by atoms with Gasteiger partial charge in [0.05, 0.1) is 30.7 Å². The quantitative estimate of drug-likeness (QED) is 0.580. The maximum Gasteiger partial charge on any atom is 0.307 e. The average molecular weight is 348 g/mol. The van der Waals surface area contributed by atoms with Gasteiger partial charge in [-0.15, -0.1) is 0 Å². The zero-order valence-corrected chi connectivity index (χ0v) is 14.1. The molecule has 0 aliphatic carbocycles. The first-order valence-electron chi connectivity index (χ1n) is 8.21. The highest BCUT2D eigenvalue weighted by Crippen LogP contribution is 2.36. The molecular formula is C20H16N2O4. The van der Waals surface area contributed by atoms with Crippen molar-refractivity contribution in [3.63, 3.8) is 0 Å². The fraction of sp³-hybridized carbons (Fsp3) is 0.150. The first kappa shape index (κ1) is 16.1. The number of benzene rings is 2. The average Bonchev–Trinajstić information content (AvgIpc) is 3.20. The second kappa shape index (κ2) is 6.15. The summed E-state index contributed by atoms with van der Waals surface area (Å²) in [4.78, 5) is 42.1. The van der Waals surface area contributed by atoms with Gasteiger partial charge in [0.25, 0.3) is 11.8 Å². The van der Waals surface area contributed by atoms with Crippen LogP contribution in [0.2, 0.25) is 0 Å². The van der Waals surface area contributed by atoms with Crippen LogP contribution in [0.1, 0.15) is 38.7 Å². The topological polar surface area (TPSA) is 79.5 Å². The lowest BCUT2D eigenvalue weighted by molar-refractivity contribution is -0.141. The molecule has 1 atom stereocenters. The smallest absolute Gasteiger partial charge is 0.307 e. The normalized spacial score (nSPS) is 14.6. The molecule has 0 radical (unpaired) electrons. The van der Waals surface area contributed by atoms with Crippen LogP contribution < -0.4 is 0 Å². The van der Waals surface area contributed by atoms with Gasteiger partial charge in [-0.25, -0.2) is 0 Å². The van der Waals surface area contributed by atoms with Crippen molar-refractivity contribution in [2.75, 3.05) is 7.11 Å². The zero-order chi connectivity index (χ0) is 18.3. The minimum Gasteiger partial charge on any atom is -0.469 e. The highest BCUT2D eigenvalue weighted by atomic mass is 16.5. The number of hydrogen-bond donors (Lipinski definition) is 1. The van der Waals surface area contributed by atoms with E-state index in [1.54, 1.807) is 30.5 Å². The summed E-state index contributed by atoms with van der Waals surface area (Å²) < 4.78 is 4.80. The molecule has 130 valence electrons. The van der Waals surface area contributed by atoms with Crippen LogP contribution in [0.4, 0.5) is 0 Å². The monoisotopic (exact) mass is 348 g/mol. The molecule has 0 fully saturated rings. The maximum absolute atomic E-state index is 12.9. The van der Waals surface area contributed by atoms with E-state index >= 15 is 0 Å². The molecule has 4 rings (SSSR count). The Morgan fingerprint density at radius 3 is 2.31 bits per heavy atom. The summed E-state index contributed by atoms with van der Waals surface area (Å²) in [6.07, 6.45) is 1.63. The predicted octanol–water partition coefficient (Wildman–Crippen LogP) is 3.07. The molecule has 6 nitrogen and oxygen atoms in total. The number of para-hydroxylation sites is 1.